The number of hydrogen-bond donors (Lipinski definition) is 3. The van der Waals surface area contributed by atoms with Gasteiger partial charge in [-0.25, -0.2) is 5.43 Å². The van der Waals surface area contributed by atoms with Gasteiger partial charge in [-0.1, -0.05) is 18.2 Å². The first-order valence-corrected chi connectivity index (χ1v) is 8.61. The summed E-state index contributed by atoms with van der Waals surface area (Å²) < 4.78 is 5.91. The van der Waals surface area contributed by atoms with Crippen LogP contribution in [0.25, 0.3) is 0 Å². The van der Waals surface area contributed by atoms with Crippen LogP contribution in [0.5, 0.6) is 11.5 Å². The van der Waals surface area contributed by atoms with Crippen molar-refractivity contribution >= 4 is 34.0 Å². The van der Waals surface area contributed by atoms with E-state index in [-0.39, 0.29) is 18.2 Å². The third-order valence-electron chi connectivity index (χ3n) is 3.25. The van der Waals surface area contributed by atoms with Crippen molar-refractivity contribution in [1.29, 1.82) is 0 Å². The zero-order valence-electron chi connectivity index (χ0n) is 14.0. The topological polar surface area (TPSA) is 100 Å². The Hall–Kier alpha value is -2.87. The molecule has 26 heavy (non-hydrogen) atoms. The molecule has 2 aromatic rings. The standard InChI is InChI=1S/C18H18BrN3O4/c1-2-26-15-9-5-6-12(17(15)24)10-21-22-16(23)11-20-18(25)13-7-3-4-8-14(13)19/h3-10,24H,2,11H2,1H3,(H,20,25)(H,22,23)/b21-10+. The van der Waals surface area contributed by atoms with Crippen molar-refractivity contribution in [2.75, 3.05) is 13.2 Å². The van der Waals surface area contributed by atoms with E-state index >= 15 is 0 Å². The van der Waals surface area contributed by atoms with Crippen LogP contribution in [0.4, 0.5) is 0 Å². The molecule has 0 atom stereocenters. The number of amides is 2. The summed E-state index contributed by atoms with van der Waals surface area (Å²) in [5, 5.41) is 16.3. The number of hydrogen-bond acceptors (Lipinski definition) is 5. The Morgan fingerprint density at radius 1 is 1.23 bits per heavy atom. The number of nitrogens with zero attached hydrogens (tertiary/aromatic N) is 1. The van der Waals surface area contributed by atoms with Crippen molar-refractivity contribution in [3.05, 3.63) is 58.1 Å². The minimum absolute atomic E-state index is 0.0606. The maximum Gasteiger partial charge on any atom is 0.259 e. The predicted molar refractivity (Wildman–Crippen MR) is 101 cm³/mol. The Kier molecular flexibility index (Phi) is 7.16. The molecule has 8 heteroatoms. The quantitative estimate of drug-likeness (QED) is 0.473. The third-order valence-corrected chi connectivity index (χ3v) is 3.94. The van der Waals surface area contributed by atoms with Crippen molar-refractivity contribution in [3.63, 3.8) is 0 Å². The highest BCUT2D eigenvalue weighted by atomic mass is 79.9. The summed E-state index contributed by atoms with van der Waals surface area (Å²) in [4.78, 5) is 23.8. The second-order valence-corrected chi connectivity index (χ2v) is 5.94. The van der Waals surface area contributed by atoms with Gasteiger partial charge in [0.25, 0.3) is 11.8 Å². The number of carbonyl (C=O) groups excluding carboxylic acids is 2. The molecule has 0 heterocycles. The van der Waals surface area contributed by atoms with Crippen molar-refractivity contribution in [1.82, 2.24) is 10.7 Å². The van der Waals surface area contributed by atoms with E-state index in [4.69, 9.17) is 4.74 Å². The molecular weight excluding hydrogens is 402 g/mol. The molecule has 2 amide bonds. The van der Waals surface area contributed by atoms with Gasteiger partial charge >= 0.3 is 0 Å². The molecule has 0 spiro atoms. The van der Waals surface area contributed by atoms with Gasteiger partial charge in [-0.3, -0.25) is 9.59 Å². The summed E-state index contributed by atoms with van der Waals surface area (Å²) in [6, 6.07) is 11.9. The number of para-hydroxylation sites is 1. The van der Waals surface area contributed by atoms with E-state index in [1.165, 1.54) is 6.21 Å². The van der Waals surface area contributed by atoms with E-state index in [9.17, 15) is 14.7 Å². The molecule has 2 rings (SSSR count). The van der Waals surface area contributed by atoms with Gasteiger partial charge in [0.1, 0.15) is 0 Å². The van der Waals surface area contributed by atoms with E-state index in [0.29, 0.717) is 28.0 Å². The van der Waals surface area contributed by atoms with Crippen molar-refractivity contribution in [3.8, 4) is 11.5 Å². The number of carbonyl (C=O) groups is 2. The van der Waals surface area contributed by atoms with Crippen LogP contribution in [-0.2, 0) is 4.79 Å². The number of hydrazone groups is 1. The molecule has 0 aromatic heterocycles. The smallest absolute Gasteiger partial charge is 0.259 e. The average molecular weight is 420 g/mol. The number of ether oxygens (including phenoxy) is 1. The van der Waals surface area contributed by atoms with Crippen LogP contribution in [0.2, 0.25) is 0 Å². The van der Waals surface area contributed by atoms with Crippen LogP contribution in [-0.4, -0.2) is 36.3 Å². The minimum Gasteiger partial charge on any atom is -0.504 e. The SMILES string of the molecule is CCOc1cccc(/C=N/NC(=O)CNC(=O)c2ccccc2Br)c1O. The predicted octanol–water partition coefficient (Wildman–Crippen LogP) is 2.43. The van der Waals surface area contributed by atoms with Gasteiger partial charge in [0, 0.05) is 10.0 Å². The normalized spacial score (nSPS) is 10.5. The lowest BCUT2D eigenvalue weighted by molar-refractivity contribution is -0.120. The van der Waals surface area contributed by atoms with Crippen molar-refractivity contribution in [2.24, 2.45) is 5.10 Å². The molecule has 0 aliphatic rings. The zero-order valence-corrected chi connectivity index (χ0v) is 15.6. The highest BCUT2D eigenvalue weighted by molar-refractivity contribution is 9.10. The van der Waals surface area contributed by atoms with Crippen molar-refractivity contribution < 1.29 is 19.4 Å². The molecule has 136 valence electrons. The number of nitrogens with one attached hydrogen (secondary N) is 2. The second kappa shape index (κ2) is 9.57. The first-order chi connectivity index (χ1) is 12.5. The Bertz CT molecular complexity index is 824. The maximum atomic E-state index is 12.0. The second-order valence-electron chi connectivity index (χ2n) is 5.08. The van der Waals surface area contributed by atoms with Gasteiger partial charge in [0.2, 0.25) is 0 Å². The third kappa shape index (κ3) is 5.32. The van der Waals surface area contributed by atoms with E-state index in [2.05, 4.69) is 31.8 Å². The molecule has 2 aromatic carbocycles. The lowest BCUT2D eigenvalue weighted by atomic mass is 10.2. The molecule has 0 saturated carbocycles. The summed E-state index contributed by atoms with van der Waals surface area (Å²) in [5.41, 5.74) is 3.11. The van der Waals surface area contributed by atoms with E-state index in [0.717, 1.165) is 0 Å². The Morgan fingerprint density at radius 2 is 2.00 bits per heavy atom. The first-order valence-electron chi connectivity index (χ1n) is 7.82. The lowest BCUT2D eigenvalue weighted by Crippen LogP contribution is -2.35. The van der Waals surface area contributed by atoms with Gasteiger partial charge < -0.3 is 15.2 Å². The van der Waals surface area contributed by atoms with Gasteiger partial charge in [-0.2, -0.15) is 5.10 Å². The monoisotopic (exact) mass is 419 g/mol. The summed E-state index contributed by atoms with van der Waals surface area (Å²) >= 11 is 3.28. The number of phenolic OH excluding ortho intramolecular Hbond substituents is 1. The van der Waals surface area contributed by atoms with Crippen LogP contribution in [0.15, 0.2) is 52.0 Å². The molecule has 0 saturated heterocycles. The van der Waals surface area contributed by atoms with E-state index in [1.54, 1.807) is 42.5 Å². The van der Waals surface area contributed by atoms with Gasteiger partial charge in [-0.15, -0.1) is 0 Å². The molecule has 7 nitrogen and oxygen atoms in total. The molecule has 0 radical (unpaired) electrons. The molecular formula is C18H18BrN3O4. The lowest BCUT2D eigenvalue weighted by Gasteiger charge is -2.07. The van der Waals surface area contributed by atoms with Gasteiger partial charge in [0.15, 0.2) is 11.5 Å². The molecule has 0 fully saturated rings. The number of benzene rings is 2. The Morgan fingerprint density at radius 3 is 2.73 bits per heavy atom. The Labute approximate surface area is 159 Å². The first kappa shape index (κ1) is 19.5. The zero-order chi connectivity index (χ0) is 18.9. The fourth-order valence-corrected chi connectivity index (χ4v) is 2.49. The highest BCUT2D eigenvalue weighted by Crippen LogP contribution is 2.28. The van der Waals surface area contributed by atoms with Crippen LogP contribution >= 0.6 is 15.9 Å². The molecule has 3 N–H and O–H groups in total. The highest BCUT2D eigenvalue weighted by Gasteiger charge is 2.10. The van der Waals surface area contributed by atoms with Gasteiger partial charge in [-0.05, 0) is 47.1 Å². The molecule has 0 unspecified atom stereocenters. The summed E-state index contributed by atoms with van der Waals surface area (Å²) in [6.45, 7) is 1.99. The van der Waals surface area contributed by atoms with Crippen LogP contribution in [0.3, 0.4) is 0 Å². The van der Waals surface area contributed by atoms with E-state index in [1.807, 2.05) is 6.92 Å². The summed E-state index contributed by atoms with van der Waals surface area (Å²) in [6.07, 6.45) is 1.30. The van der Waals surface area contributed by atoms with Crippen LogP contribution < -0.4 is 15.5 Å². The molecule has 0 bridgehead atoms. The fourth-order valence-electron chi connectivity index (χ4n) is 2.03. The maximum absolute atomic E-state index is 12.0. The molecule has 0 aliphatic heterocycles. The fraction of sp³-hybridized carbons (Fsp3) is 0.167. The van der Waals surface area contributed by atoms with Crippen LogP contribution in [0, 0.1) is 0 Å². The van der Waals surface area contributed by atoms with E-state index < -0.39 is 5.91 Å². The number of aromatic hydroxyl groups is 1. The Balaban J connectivity index is 1.87. The minimum atomic E-state index is -0.498. The summed E-state index contributed by atoms with van der Waals surface area (Å²) in [7, 11) is 0. The average Bonchev–Trinajstić information content (AvgIpc) is 2.63. The summed E-state index contributed by atoms with van der Waals surface area (Å²) in [5.74, 6) is -0.598. The number of halogens is 1. The number of rotatable bonds is 7. The van der Waals surface area contributed by atoms with Crippen molar-refractivity contribution in [2.45, 2.75) is 6.92 Å². The van der Waals surface area contributed by atoms with Crippen LogP contribution in [0.1, 0.15) is 22.8 Å². The number of phenols is 1. The largest absolute Gasteiger partial charge is 0.504 e. The van der Waals surface area contributed by atoms with Gasteiger partial charge in [0.05, 0.1) is 24.9 Å². The molecule has 0 aliphatic carbocycles.